The first-order chi connectivity index (χ1) is 26.3. The Bertz CT molecular complexity index is 1910. The fourth-order valence-corrected chi connectivity index (χ4v) is 9.86. The standard InChI is InChI=1S/C39H55N5O11S/c1-7-23-16-39(23,34(47)42-56(50,51)25-11-12-25)41-32(45)28-15-24-18-44(28)33(46)31(37(2,3)4)40-35(48)52-20-38(5,6)13-9-8-10-26-27-19-43(36(49)55-24)17-22(27)14-29-30(26)54-21-53-29/h14,23-25,28,31H,7-13,15-21H2,1-6H3,(H,40,48)(H,41,45)(H,42,47)/t23-,24+,28?,31+,39-/m0/s1. The molecule has 3 N–H and O–H groups in total. The van der Waals surface area contributed by atoms with Gasteiger partial charge >= 0.3 is 12.2 Å². The van der Waals surface area contributed by atoms with E-state index in [-0.39, 0.29) is 57.2 Å². The van der Waals surface area contributed by atoms with Crippen molar-refractivity contribution < 1.29 is 51.3 Å². The first-order valence-electron chi connectivity index (χ1n) is 19.8. The fraction of sp³-hybridized carbons (Fsp3) is 0.718. The number of rotatable bonds is 6. The number of fused-ring (bicyclic) bond motifs is 5. The van der Waals surface area contributed by atoms with Crippen molar-refractivity contribution in [2.45, 2.75) is 141 Å². The van der Waals surface area contributed by atoms with Crippen LogP contribution in [0.3, 0.4) is 0 Å². The molecule has 1 aromatic rings. The van der Waals surface area contributed by atoms with Crippen molar-refractivity contribution in [3.05, 3.63) is 22.8 Å². The molecule has 5 atom stereocenters. The van der Waals surface area contributed by atoms with Crippen LogP contribution in [0.1, 0.15) is 110 Å². The zero-order valence-electron chi connectivity index (χ0n) is 33.2. The minimum atomic E-state index is -3.89. The molecule has 0 radical (unpaired) electrons. The summed E-state index contributed by atoms with van der Waals surface area (Å²) in [5, 5.41) is 4.94. The van der Waals surface area contributed by atoms with Crippen molar-refractivity contribution in [2.24, 2.45) is 16.7 Å². The second kappa shape index (κ2) is 14.6. The lowest BCUT2D eigenvalue weighted by molar-refractivity contribution is -0.143. The molecule has 0 spiro atoms. The molecule has 56 heavy (non-hydrogen) atoms. The largest absolute Gasteiger partial charge is 0.454 e. The Hall–Kier alpha value is -4.28. The van der Waals surface area contributed by atoms with Crippen LogP contribution in [0.4, 0.5) is 9.59 Å². The highest BCUT2D eigenvalue weighted by atomic mass is 32.2. The third-order valence-corrected chi connectivity index (χ3v) is 13.9. The van der Waals surface area contributed by atoms with Gasteiger partial charge < -0.3 is 34.5 Å². The SMILES string of the molecule is CC[C@H]1C[C@@]1(NC(=O)C1C[C@@H]2CN1C(=O)[C@H](C(C)(C)C)NC(=O)OCC(C)(C)CCCCc1c3c(cc4c1OCO4)CN(C3)C(=O)O2)C(=O)NS(=O)(=O)C1CC1. The Morgan fingerprint density at radius 3 is 2.46 bits per heavy atom. The predicted molar refractivity (Wildman–Crippen MR) is 201 cm³/mol. The number of hydrogen-bond acceptors (Lipinski definition) is 11. The lowest BCUT2D eigenvalue weighted by Gasteiger charge is -2.35. The number of amides is 5. The van der Waals surface area contributed by atoms with E-state index in [4.69, 9.17) is 18.9 Å². The van der Waals surface area contributed by atoms with E-state index in [0.29, 0.717) is 37.2 Å². The molecule has 17 heteroatoms. The molecule has 0 aromatic heterocycles. The molecule has 5 amide bonds. The van der Waals surface area contributed by atoms with E-state index in [0.717, 1.165) is 36.0 Å². The third-order valence-electron chi connectivity index (χ3n) is 12.1. The molecule has 308 valence electrons. The second-order valence-corrected chi connectivity index (χ2v) is 20.1. The summed E-state index contributed by atoms with van der Waals surface area (Å²) < 4.78 is 51.0. The number of sulfonamides is 1. The molecule has 1 aromatic carbocycles. The van der Waals surface area contributed by atoms with Gasteiger partial charge in [0.05, 0.1) is 24.9 Å². The second-order valence-electron chi connectivity index (χ2n) is 18.2. The van der Waals surface area contributed by atoms with Crippen LogP contribution in [0, 0.1) is 16.7 Å². The van der Waals surface area contributed by atoms with Gasteiger partial charge in [-0.05, 0) is 72.5 Å². The summed E-state index contributed by atoms with van der Waals surface area (Å²) in [5.74, 6) is -1.08. The molecule has 4 heterocycles. The molecular weight excluding hydrogens is 747 g/mol. The van der Waals surface area contributed by atoms with Crippen molar-refractivity contribution in [2.75, 3.05) is 19.9 Å². The van der Waals surface area contributed by atoms with Gasteiger partial charge in [-0.1, -0.05) is 54.4 Å². The Balaban J connectivity index is 1.17. The van der Waals surface area contributed by atoms with Gasteiger partial charge in [0.2, 0.25) is 28.6 Å². The Labute approximate surface area is 328 Å². The van der Waals surface area contributed by atoms with Gasteiger partial charge in [-0.2, -0.15) is 0 Å². The van der Waals surface area contributed by atoms with Gasteiger partial charge in [-0.3, -0.25) is 24.0 Å². The van der Waals surface area contributed by atoms with E-state index in [1.165, 1.54) is 4.90 Å². The molecular formula is C39H55N5O11S. The van der Waals surface area contributed by atoms with Gasteiger partial charge in [0.15, 0.2) is 11.5 Å². The van der Waals surface area contributed by atoms with E-state index in [9.17, 15) is 32.4 Å². The van der Waals surface area contributed by atoms with Crippen LogP contribution in [0.15, 0.2) is 6.07 Å². The molecule has 7 rings (SSSR count). The molecule has 4 bridgehead atoms. The van der Waals surface area contributed by atoms with Gasteiger partial charge in [0.25, 0.3) is 5.91 Å². The van der Waals surface area contributed by atoms with E-state index < -0.39 is 74.3 Å². The molecule has 3 fully saturated rings. The van der Waals surface area contributed by atoms with Gasteiger partial charge in [0.1, 0.15) is 23.7 Å². The van der Waals surface area contributed by atoms with Crippen molar-refractivity contribution in [1.29, 1.82) is 0 Å². The molecule has 2 aliphatic carbocycles. The number of nitrogens with zero attached hydrogens (tertiary/aromatic N) is 2. The summed E-state index contributed by atoms with van der Waals surface area (Å²) in [4.78, 5) is 72.5. The molecule has 1 unspecified atom stereocenters. The highest BCUT2D eigenvalue weighted by Crippen LogP contribution is 2.47. The zero-order valence-corrected chi connectivity index (χ0v) is 34.0. The Kier molecular flexibility index (Phi) is 10.4. The predicted octanol–water partition coefficient (Wildman–Crippen LogP) is 3.62. The molecule has 1 saturated heterocycles. The Morgan fingerprint density at radius 2 is 1.79 bits per heavy atom. The Morgan fingerprint density at radius 1 is 1.04 bits per heavy atom. The van der Waals surface area contributed by atoms with Gasteiger partial charge in [-0.15, -0.1) is 0 Å². The number of benzene rings is 1. The maximum absolute atomic E-state index is 14.6. The maximum atomic E-state index is 14.6. The van der Waals surface area contributed by atoms with Crippen LogP contribution < -0.4 is 24.8 Å². The monoisotopic (exact) mass is 801 g/mol. The van der Waals surface area contributed by atoms with Crippen molar-refractivity contribution in [1.82, 2.24) is 25.2 Å². The van der Waals surface area contributed by atoms with E-state index in [2.05, 4.69) is 15.4 Å². The summed E-state index contributed by atoms with van der Waals surface area (Å²) in [6, 6.07) is -0.448. The third kappa shape index (κ3) is 7.97. The van der Waals surface area contributed by atoms with Crippen molar-refractivity contribution in [3.63, 3.8) is 0 Å². The number of alkyl carbamates (subject to hydrolysis) is 1. The lowest BCUT2D eigenvalue weighted by atomic mass is 9.85. The normalized spacial score (nSPS) is 29.2. The number of carbonyl (C=O) groups is 5. The first kappa shape index (κ1) is 39.9. The van der Waals surface area contributed by atoms with Crippen molar-refractivity contribution >= 4 is 39.9 Å². The maximum Gasteiger partial charge on any atom is 0.410 e. The topological polar surface area (TPSA) is 199 Å². The molecule has 4 aliphatic heterocycles. The quantitative estimate of drug-likeness (QED) is 0.380. The number of cyclic esters (lactones) is 1. The van der Waals surface area contributed by atoms with Crippen LogP contribution in [0.25, 0.3) is 0 Å². The smallest absolute Gasteiger partial charge is 0.410 e. The highest BCUT2D eigenvalue weighted by Gasteiger charge is 2.62. The summed E-state index contributed by atoms with van der Waals surface area (Å²) in [6.45, 7) is 11.9. The minimum absolute atomic E-state index is 0.0876. The van der Waals surface area contributed by atoms with E-state index in [1.807, 2.05) is 26.8 Å². The van der Waals surface area contributed by atoms with Gasteiger partial charge in [0, 0.05) is 18.5 Å². The van der Waals surface area contributed by atoms with Crippen LogP contribution in [0.2, 0.25) is 0 Å². The molecule has 2 saturated carbocycles. The average molecular weight is 802 g/mol. The van der Waals surface area contributed by atoms with E-state index in [1.54, 1.807) is 25.7 Å². The minimum Gasteiger partial charge on any atom is -0.454 e. The molecule has 6 aliphatic rings. The fourth-order valence-electron chi connectivity index (χ4n) is 8.49. The number of ether oxygens (including phenoxy) is 4. The zero-order chi connectivity index (χ0) is 40.4. The highest BCUT2D eigenvalue weighted by molar-refractivity contribution is 7.91. The van der Waals surface area contributed by atoms with Crippen molar-refractivity contribution in [3.8, 4) is 11.5 Å². The first-order valence-corrected chi connectivity index (χ1v) is 21.4. The molecule has 16 nitrogen and oxygen atoms in total. The average Bonchev–Trinajstić information content (AvgIpc) is 3.94. The lowest BCUT2D eigenvalue weighted by Crippen LogP contribution is -2.60. The summed E-state index contributed by atoms with van der Waals surface area (Å²) in [6.07, 6.45) is 2.37. The number of carbonyl (C=O) groups excluding carboxylic acids is 5. The number of nitrogens with one attached hydrogen (secondary N) is 3. The van der Waals surface area contributed by atoms with Crippen LogP contribution in [0.5, 0.6) is 11.5 Å². The van der Waals surface area contributed by atoms with E-state index >= 15 is 0 Å². The number of hydrogen-bond donors (Lipinski definition) is 3. The van der Waals surface area contributed by atoms with Crippen LogP contribution >= 0.6 is 0 Å². The summed E-state index contributed by atoms with van der Waals surface area (Å²) >= 11 is 0. The van der Waals surface area contributed by atoms with Crippen LogP contribution in [-0.4, -0.2) is 97.0 Å². The van der Waals surface area contributed by atoms with Crippen LogP contribution in [-0.2, 0) is 53.4 Å². The summed E-state index contributed by atoms with van der Waals surface area (Å²) in [5.41, 5.74) is 0.213. The summed E-state index contributed by atoms with van der Waals surface area (Å²) in [7, 11) is -3.89. The van der Waals surface area contributed by atoms with Gasteiger partial charge in [-0.25, -0.2) is 18.0 Å².